The summed E-state index contributed by atoms with van der Waals surface area (Å²) in [4.78, 5) is 19.1. The molecule has 90 valence electrons. The number of aldehydes is 2. The van der Waals surface area contributed by atoms with Crippen molar-refractivity contribution in [1.82, 2.24) is 0 Å². The summed E-state index contributed by atoms with van der Waals surface area (Å²) in [5.41, 5.74) is 2.08. The molecule has 2 heteroatoms. The molecule has 1 saturated carbocycles. The summed E-state index contributed by atoms with van der Waals surface area (Å²) >= 11 is 0. The highest BCUT2D eigenvalue weighted by molar-refractivity contribution is 5.50. The van der Waals surface area contributed by atoms with Gasteiger partial charge >= 0.3 is 0 Å². The highest BCUT2D eigenvalue weighted by Crippen LogP contribution is 2.59. The largest absolute Gasteiger partial charge is 0.304 e. The van der Waals surface area contributed by atoms with E-state index >= 15 is 0 Å². The van der Waals surface area contributed by atoms with Crippen LogP contribution in [0.15, 0.2) is 11.6 Å². The maximum atomic E-state index is 10.3. The van der Waals surface area contributed by atoms with Gasteiger partial charge in [0.2, 0.25) is 0 Å². The van der Waals surface area contributed by atoms with E-state index in [4.69, 9.17) is 4.79 Å². The van der Waals surface area contributed by atoms with Gasteiger partial charge < -0.3 is 9.59 Å². The van der Waals surface area contributed by atoms with Crippen LogP contribution in [0, 0.1) is 17.3 Å². The molecule has 0 saturated heterocycles. The molecule has 1 fully saturated rings. The zero-order chi connectivity index (χ0) is 12.2. The molecule has 2 unspecified atom stereocenters. The minimum absolute atomic E-state index is 0.521. The number of rotatable bonds is 3. The van der Waals surface area contributed by atoms with Gasteiger partial charge in [0.15, 0.2) is 0 Å². The van der Waals surface area contributed by atoms with E-state index in [2.05, 4.69) is 19.9 Å². The summed E-state index contributed by atoms with van der Waals surface area (Å²) < 4.78 is 0. The lowest BCUT2D eigenvalue weighted by molar-refractivity contribution is -0.108. The minimum Gasteiger partial charge on any atom is -0.304 e. The molecule has 0 radical (unpaired) electrons. The van der Waals surface area contributed by atoms with Crippen molar-refractivity contribution >= 4 is 12.6 Å². The Balaban J connectivity index is 0.000000386. The van der Waals surface area contributed by atoms with E-state index in [0.717, 1.165) is 30.8 Å². The lowest BCUT2D eigenvalue weighted by Gasteiger charge is -2.56. The lowest BCUT2D eigenvalue weighted by Crippen LogP contribution is -2.48. The number of fused-ring (bicyclic) bond motifs is 1. The zero-order valence-corrected chi connectivity index (χ0v) is 10.5. The normalized spacial score (nSPS) is 29.1. The van der Waals surface area contributed by atoms with Gasteiger partial charge in [0.25, 0.3) is 0 Å². The van der Waals surface area contributed by atoms with Gasteiger partial charge in [-0.2, -0.15) is 0 Å². The van der Waals surface area contributed by atoms with Crippen LogP contribution in [0.25, 0.3) is 0 Å². The highest BCUT2D eigenvalue weighted by Gasteiger charge is 2.50. The Kier molecular flexibility index (Phi) is 4.45. The van der Waals surface area contributed by atoms with Gasteiger partial charge in [-0.15, -0.1) is 0 Å². The van der Waals surface area contributed by atoms with Crippen LogP contribution in [0.2, 0.25) is 0 Å². The lowest BCUT2D eigenvalue weighted by atomic mass is 9.48. The van der Waals surface area contributed by atoms with Gasteiger partial charge in [-0.25, -0.2) is 0 Å². The van der Waals surface area contributed by atoms with Crippen molar-refractivity contribution in [2.45, 2.75) is 46.5 Å². The predicted molar refractivity (Wildman–Crippen MR) is 65.1 cm³/mol. The molecule has 2 nitrogen and oxygen atoms in total. The molecule has 2 atom stereocenters. The zero-order valence-electron chi connectivity index (χ0n) is 10.5. The number of allylic oxidation sites excluding steroid dienone is 2. The van der Waals surface area contributed by atoms with Gasteiger partial charge in [-0.05, 0) is 43.4 Å². The third kappa shape index (κ3) is 2.42. The first kappa shape index (κ1) is 13.1. The number of carbonyl (C=O) groups excluding carboxylic acids is 2. The SMILES string of the molecule is CC1(C)C2CC=C(CCC=O)C1C2.CC=O. The van der Waals surface area contributed by atoms with Crippen LogP contribution in [-0.2, 0) is 9.59 Å². The number of hydrogen-bond acceptors (Lipinski definition) is 2. The first-order valence-corrected chi connectivity index (χ1v) is 6.10. The minimum atomic E-state index is 0.521. The molecule has 3 aliphatic carbocycles. The fraction of sp³-hybridized carbons (Fsp3) is 0.714. The van der Waals surface area contributed by atoms with Crippen LogP contribution in [0.3, 0.4) is 0 Å². The molecule has 0 aliphatic heterocycles. The highest BCUT2D eigenvalue weighted by atomic mass is 16.1. The number of carbonyl (C=O) groups is 2. The van der Waals surface area contributed by atoms with E-state index in [0.29, 0.717) is 11.8 Å². The average Bonchev–Trinajstić information content (AvgIpc) is 2.27. The summed E-state index contributed by atoms with van der Waals surface area (Å²) in [6.07, 6.45) is 8.51. The van der Waals surface area contributed by atoms with Gasteiger partial charge in [0.1, 0.15) is 12.6 Å². The fourth-order valence-electron chi connectivity index (χ4n) is 2.98. The van der Waals surface area contributed by atoms with Gasteiger partial charge in [-0.1, -0.05) is 25.5 Å². The molecule has 0 heterocycles. The van der Waals surface area contributed by atoms with Gasteiger partial charge in [0, 0.05) is 6.42 Å². The van der Waals surface area contributed by atoms with Crippen molar-refractivity contribution in [3.63, 3.8) is 0 Å². The Bertz CT molecular complexity index is 289. The summed E-state index contributed by atoms with van der Waals surface area (Å²) in [5, 5.41) is 0. The molecule has 0 aromatic heterocycles. The van der Waals surface area contributed by atoms with Crippen LogP contribution in [0.5, 0.6) is 0 Å². The van der Waals surface area contributed by atoms with Crippen molar-refractivity contribution in [3.8, 4) is 0 Å². The molecule has 3 aliphatic rings. The first-order valence-electron chi connectivity index (χ1n) is 6.10. The van der Waals surface area contributed by atoms with Crippen LogP contribution in [0.4, 0.5) is 0 Å². The Hall–Kier alpha value is -0.920. The van der Waals surface area contributed by atoms with Crippen LogP contribution >= 0.6 is 0 Å². The van der Waals surface area contributed by atoms with E-state index in [9.17, 15) is 4.79 Å². The third-order valence-corrected chi connectivity index (χ3v) is 4.13. The van der Waals surface area contributed by atoms with Crippen LogP contribution < -0.4 is 0 Å². The molecule has 16 heavy (non-hydrogen) atoms. The van der Waals surface area contributed by atoms with Crippen molar-refractivity contribution in [3.05, 3.63) is 11.6 Å². The quantitative estimate of drug-likeness (QED) is 0.543. The van der Waals surface area contributed by atoms with E-state index < -0.39 is 0 Å². The Morgan fingerprint density at radius 3 is 2.50 bits per heavy atom. The van der Waals surface area contributed by atoms with E-state index in [1.165, 1.54) is 19.8 Å². The Labute approximate surface area is 98.1 Å². The third-order valence-electron chi connectivity index (χ3n) is 4.13. The van der Waals surface area contributed by atoms with Crippen molar-refractivity contribution in [1.29, 1.82) is 0 Å². The second kappa shape index (κ2) is 5.42. The van der Waals surface area contributed by atoms with Gasteiger partial charge in [-0.3, -0.25) is 0 Å². The van der Waals surface area contributed by atoms with Gasteiger partial charge in [0.05, 0.1) is 0 Å². The smallest absolute Gasteiger partial charge is 0.120 e. The second-order valence-electron chi connectivity index (χ2n) is 5.26. The van der Waals surface area contributed by atoms with Crippen LogP contribution in [0.1, 0.15) is 46.5 Å². The fourth-order valence-corrected chi connectivity index (χ4v) is 2.98. The molecule has 0 aromatic rings. The standard InChI is InChI=1S/C12H18O.C2H4O/c1-12(2)10-6-5-9(4-3-7-13)11(12)8-10;1-2-3/h5,7,10-11H,3-4,6,8H2,1-2H3;2H,1H3. The van der Waals surface area contributed by atoms with Crippen LogP contribution in [-0.4, -0.2) is 12.6 Å². The van der Waals surface area contributed by atoms with Crippen molar-refractivity contribution in [2.75, 3.05) is 0 Å². The average molecular weight is 222 g/mol. The molecule has 0 amide bonds. The molecule has 0 aromatic carbocycles. The Morgan fingerprint density at radius 1 is 1.44 bits per heavy atom. The molecular formula is C14H22O2. The van der Waals surface area contributed by atoms with E-state index in [1.807, 2.05) is 0 Å². The monoisotopic (exact) mass is 222 g/mol. The summed E-state index contributed by atoms with van der Waals surface area (Å²) in [6.45, 7) is 6.19. The molecular weight excluding hydrogens is 200 g/mol. The van der Waals surface area contributed by atoms with Crippen molar-refractivity contribution in [2.24, 2.45) is 17.3 Å². The second-order valence-corrected chi connectivity index (χ2v) is 5.26. The topological polar surface area (TPSA) is 34.1 Å². The summed E-state index contributed by atoms with van der Waals surface area (Å²) in [5.74, 6) is 1.70. The molecule has 3 rings (SSSR count). The number of hydrogen-bond donors (Lipinski definition) is 0. The molecule has 0 spiro atoms. The first-order chi connectivity index (χ1) is 7.57. The van der Waals surface area contributed by atoms with Crippen molar-refractivity contribution < 1.29 is 9.59 Å². The molecule has 2 bridgehead atoms. The summed E-state index contributed by atoms with van der Waals surface area (Å²) in [7, 11) is 0. The van der Waals surface area contributed by atoms with E-state index in [1.54, 1.807) is 5.57 Å². The van der Waals surface area contributed by atoms with E-state index in [-0.39, 0.29) is 0 Å². The molecule has 0 N–H and O–H groups in total. The Morgan fingerprint density at radius 2 is 2.06 bits per heavy atom. The predicted octanol–water partition coefficient (Wildman–Crippen LogP) is 3.16. The summed E-state index contributed by atoms with van der Waals surface area (Å²) in [6, 6.07) is 0. The maximum absolute atomic E-state index is 10.3. The maximum Gasteiger partial charge on any atom is 0.120 e.